The predicted octanol–water partition coefficient (Wildman–Crippen LogP) is 4.34. The normalized spacial score (nSPS) is 14.9. The minimum atomic E-state index is -0.615. The molecule has 0 aliphatic rings. The van der Waals surface area contributed by atoms with E-state index >= 15 is 0 Å². The molecule has 0 heterocycles. The number of fused-ring (bicyclic) bond motifs is 1. The fraction of sp³-hybridized carbons (Fsp3) is 0.375. The van der Waals surface area contributed by atoms with E-state index in [0.29, 0.717) is 0 Å². The Bertz CT molecular complexity index is 531. The lowest BCUT2D eigenvalue weighted by atomic mass is 9.95. The first-order chi connectivity index (χ1) is 8.49. The molecule has 2 heteroatoms. The van der Waals surface area contributed by atoms with Crippen molar-refractivity contribution in [2.75, 3.05) is 5.75 Å². The van der Waals surface area contributed by atoms with Gasteiger partial charge >= 0.3 is 0 Å². The summed E-state index contributed by atoms with van der Waals surface area (Å²) in [5.41, 5.74) is -0.615. The van der Waals surface area contributed by atoms with Gasteiger partial charge in [-0.15, -0.1) is 11.8 Å². The van der Waals surface area contributed by atoms with E-state index < -0.39 is 5.60 Å². The van der Waals surface area contributed by atoms with Crippen molar-refractivity contribution in [2.24, 2.45) is 5.92 Å². The summed E-state index contributed by atoms with van der Waals surface area (Å²) in [6.45, 7) is 6.02. The van der Waals surface area contributed by atoms with Crippen LogP contribution in [0.15, 0.2) is 47.4 Å². The molecular formula is C16H20OS. The number of benzene rings is 2. The molecule has 0 saturated carbocycles. The van der Waals surface area contributed by atoms with Crippen LogP contribution >= 0.6 is 11.8 Å². The third-order valence-corrected chi connectivity index (χ3v) is 4.81. The van der Waals surface area contributed by atoms with Crippen LogP contribution in [0.5, 0.6) is 0 Å². The van der Waals surface area contributed by atoms with Crippen molar-refractivity contribution in [2.45, 2.75) is 31.3 Å². The lowest BCUT2D eigenvalue weighted by Gasteiger charge is -2.27. The van der Waals surface area contributed by atoms with Gasteiger partial charge in [0.2, 0.25) is 0 Å². The summed E-state index contributed by atoms with van der Waals surface area (Å²) in [5, 5.41) is 12.8. The highest BCUT2D eigenvalue weighted by Gasteiger charge is 2.24. The molecule has 1 unspecified atom stereocenters. The van der Waals surface area contributed by atoms with Gasteiger partial charge in [-0.25, -0.2) is 0 Å². The third-order valence-electron chi connectivity index (χ3n) is 3.50. The summed E-state index contributed by atoms with van der Waals surface area (Å²) >= 11 is 1.72. The highest BCUT2D eigenvalue weighted by Crippen LogP contribution is 2.29. The number of aliphatic hydroxyl groups is 1. The summed E-state index contributed by atoms with van der Waals surface area (Å²) in [4.78, 5) is 1.22. The van der Waals surface area contributed by atoms with Gasteiger partial charge < -0.3 is 5.11 Å². The monoisotopic (exact) mass is 260 g/mol. The topological polar surface area (TPSA) is 20.2 Å². The van der Waals surface area contributed by atoms with Crippen molar-refractivity contribution in [1.82, 2.24) is 0 Å². The largest absolute Gasteiger partial charge is 0.389 e. The number of rotatable bonds is 4. The zero-order valence-corrected chi connectivity index (χ0v) is 12.0. The molecular weight excluding hydrogens is 240 g/mol. The third kappa shape index (κ3) is 3.06. The summed E-state index contributed by atoms with van der Waals surface area (Å²) in [7, 11) is 0. The first kappa shape index (κ1) is 13.4. The van der Waals surface area contributed by atoms with E-state index in [4.69, 9.17) is 0 Å². The molecule has 0 aliphatic carbocycles. The molecule has 0 spiro atoms. The molecule has 1 N–H and O–H groups in total. The average molecular weight is 260 g/mol. The highest BCUT2D eigenvalue weighted by molar-refractivity contribution is 7.99. The Balaban J connectivity index is 2.13. The van der Waals surface area contributed by atoms with E-state index in [0.717, 1.165) is 5.75 Å². The molecule has 2 aromatic rings. The second-order valence-corrected chi connectivity index (χ2v) is 6.36. The molecule has 0 aromatic heterocycles. The second-order valence-electron chi connectivity index (χ2n) is 5.31. The molecule has 0 bridgehead atoms. The van der Waals surface area contributed by atoms with E-state index in [1.54, 1.807) is 11.8 Å². The van der Waals surface area contributed by atoms with Gasteiger partial charge in [0.25, 0.3) is 0 Å². The lowest BCUT2D eigenvalue weighted by Crippen LogP contribution is -2.33. The fourth-order valence-corrected chi connectivity index (χ4v) is 2.82. The van der Waals surface area contributed by atoms with Crippen molar-refractivity contribution in [1.29, 1.82) is 0 Å². The van der Waals surface area contributed by atoms with E-state index in [9.17, 15) is 5.11 Å². The van der Waals surface area contributed by atoms with Crippen molar-refractivity contribution in [3.8, 4) is 0 Å². The molecule has 0 aliphatic heterocycles. The molecule has 2 aromatic carbocycles. The Morgan fingerprint density at radius 1 is 1.11 bits per heavy atom. The minimum Gasteiger partial charge on any atom is -0.389 e. The zero-order valence-electron chi connectivity index (χ0n) is 11.2. The van der Waals surface area contributed by atoms with Gasteiger partial charge in [-0.05, 0) is 35.7 Å². The number of thioether (sulfide) groups is 1. The molecule has 0 fully saturated rings. The predicted molar refractivity (Wildman–Crippen MR) is 80.1 cm³/mol. The molecule has 2 rings (SSSR count). The Hall–Kier alpha value is -0.990. The van der Waals surface area contributed by atoms with Crippen LogP contribution in [0.3, 0.4) is 0 Å². The van der Waals surface area contributed by atoms with E-state index in [2.05, 4.69) is 56.3 Å². The van der Waals surface area contributed by atoms with Crippen molar-refractivity contribution in [3.05, 3.63) is 42.5 Å². The van der Waals surface area contributed by atoms with Crippen LogP contribution in [0.25, 0.3) is 10.8 Å². The van der Waals surface area contributed by atoms with Crippen LogP contribution in [0.2, 0.25) is 0 Å². The van der Waals surface area contributed by atoms with E-state index in [1.807, 2.05) is 6.92 Å². The molecule has 18 heavy (non-hydrogen) atoms. The second kappa shape index (κ2) is 5.33. The molecule has 0 amide bonds. The van der Waals surface area contributed by atoms with Gasteiger partial charge in [0.15, 0.2) is 0 Å². The SMILES string of the molecule is CC(C)C(C)(O)CSc1ccc2ccccc2c1. The fourth-order valence-electron chi connectivity index (χ4n) is 1.65. The molecule has 1 atom stereocenters. The van der Waals surface area contributed by atoms with Crippen LogP contribution in [-0.4, -0.2) is 16.5 Å². The molecule has 0 saturated heterocycles. The lowest BCUT2D eigenvalue weighted by molar-refractivity contribution is 0.0376. The Morgan fingerprint density at radius 2 is 1.78 bits per heavy atom. The van der Waals surface area contributed by atoms with Crippen LogP contribution in [-0.2, 0) is 0 Å². The Labute approximate surface area is 113 Å². The summed E-state index contributed by atoms with van der Waals surface area (Å²) < 4.78 is 0. The van der Waals surface area contributed by atoms with Crippen LogP contribution in [0.4, 0.5) is 0 Å². The number of hydrogen-bond donors (Lipinski definition) is 1. The smallest absolute Gasteiger partial charge is 0.0736 e. The van der Waals surface area contributed by atoms with Crippen molar-refractivity contribution in [3.63, 3.8) is 0 Å². The average Bonchev–Trinajstić information content (AvgIpc) is 2.36. The first-order valence-electron chi connectivity index (χ1n) is 6.33. The zero-order chi connectivity index (χ0) is 13.2. The van der Waals surface area contributed by atoms with Gasteiger partial charge in [-0.3, -0.25) is 0 Å². The quantitative estimate of drug-likeness (QED) is 0.825. The van der Waals surface area contributed by atoms with Gasteiger partial charge in [-0.2, -0.15) is 0 Å². The maximum atomic E-state index is 10.2. The van der Waals surface area contributed by atoms with E-state index in [-0.39, 0.29) is 5.92 Å². The van der Waals surface area contributed by atoms with E-state index in [1.165, 1.54) is 15.7 Å². The first-order valence-corrected chi connectivity index (χ1v) is 7.31. The summed E-state index contributed by atoms with van der Waals surface area (Å²) in [6, 6.07) is 14.8. The van der Waals surface area contributed by atoms with Gasteiger partial charge in [-0.1, -0.05) is 44.2 Å². The Morgan fingerprint density at radius 3 is 2.44 bits per heavy atom. The molecule has 0 radical (unpaired) electrons. The van der Waals surface area contributed by atoms with Crippen LogP contribution < -0.4 is 0 Å². The van der Waals surface area contributed by atoms with Crippen molar-refractivity contribution < 1.29 is 5.11 Å². The molecule has 96 valence electrons. The van der Waals surface area contributed by atoms with Gasteiger partial charge in [0.05, 0.1) is 5.60 Å². The Kier molecular flexibility index (Phi) is 3.98. The maximum Gasteiger partial charge on any atom is 0.0736 e. The van der Waals surface area contributed by atoms with Gasteiger partial charge in [0, 0.05) is 10.6 Å². The minimum absolute atomic E-state index is 0.269. The maximum absolute atomic E-state index is 10.2. The summed E-state index contributed by atoms with van der Waals surface area (Å²) in [5.74, 6) is 0.994. The highest BCUT2D eigenvalue weighted by atomic mass is 32.2. The standard InChI is InChI=1S/C16H20OS/c1-12(2)16(3,17)11-18-15-9-8-13-6-4-5-7-14(13)10-15/h4-10,12,17H,11H2,1-3H3. The van der Waals surface area contributed by atoms with Gasteiger partial charge in [0.1, 0.15) is 0 Å². The van der Waals surface area contributed by atoms with Crippen LogP contribution in [0.1, 0.15) is 20.8 Å². The van der Waals surface area contributed by atoms with Crippen molar-refractivity contribution >= 4 is 22.5 Å². The van der Waals surface area contributed by atoms with Crippen LogP contribution in [0, 0.1) is 5.92 Å². The summed E-state index contributed by atoms with van der Waals surface area (Å²) in [6.07, 6.45) is 0. The molecule has 1 nitrogen and oxygen atoms in total. The number of hydrogen-bond acceptors (Lipinski definition) is 2.